The lowest BCUT2D eigenvalue weighted by molar-refractivity contribution is 0.0691. The summed E-state index contributed by atoms with van der Waals surface area (Å²) in [5.74, 6) is -0.348. The van der Waals surface area contributed by atoms with E-state index in [1.54, 1.807) is 6.07 Å². The van der Waals surface area contributed by atoms with Crippen LogP contribution >= 0.6 is 0 Å². The molecule has 1 aliphatic heterocycles. The molecule has 0 bridgehead atoms. The fraction of sp³-hybridized carbons (Fsp3) is 0.500. The number of nitrogens with zero attached hydrogens (tertiary/aromatic N) is 2. The Morgan fingerprint density at radius 3 is 2.88 bits per heavy atom. The fourth-order valence-electron chi connectivity index (χ4n) is 2.43. The number of pyridine rings is 1. The van der Waals surface area contributed by atoms with Gasteiger partial charge in [0.1, 0.15) is 0 Å². The molecule has 0 aromatic carbocycles. The number of carboxylic acid groups (broad SMARTS) is 1. The first-order valence-electron chi connectivity index (χ1n) is 5.54. The molecule has 1 N–H and O–H groups in total. The van der Waals surface area contributed by atoms with Crippen LogP contribution in [0.5, 0.6) is 0 Å². The Morgan fingerprint density at radius 2 is 2.31 bits per heavy atom. The highest BCUT2D eigenvalue weighted by Crippen LogP contribution is 2.30. The van der Waals surface area contributed by atoms with Crippen molar-refractivity contribution < 1.29 is 9.90 Å². The number of carbonyl (C=O) groups is 1. The standard InChI is InChI=1S/C12H16N2O2/c1-8-6-9(2)14(7-8)10-4-3-5-13-11(10)12(15)16/h3-5,8-9H,6-7H2,1-2H3,(H,15,16)/t8-,9-/m0/s1. The fourth-order valence-corrected chi connectivity index (χ4v) is 2.43. The van der Waals surface area contributed by atoms with Crippen molar-refractivity contribution in [3.8, 4) is 0 Å². The van der Waals surface area contributed by atoms with Crippen LogP contribution in [0.15, 0.2) is 18.3 Å². The van der Waals surface area contributed by atoms with E-state index < -0.39 is 5.97 Å². The molecule has 4 heteroatoms. The number of hydrogen-bond acceptors (Lipinski definition) is 3. The molecule has 0 amide bonds. The van der Waals surface area contributed by atoms with Gasteiger partial charge in [0.05, 0.1) is 5.69 Å². The Morgan fingerprint density at radius 1 is 1.56 bits per heavy atom. The summed E-state index contributed by atoms with van der Waals surface area (Å²) < 4.78 is 0. The highest BCUT2D eigenvalue weighted by atomic mass is 16.4. The van der Waals surface area contributed by atoms with Gasteiger partial charge in [-0.1, -0.05) is 6.92 Å². The Hall–Kier alpha value is -1.58. The first kappa shape index (κ1) is 10.9. The number of aromatic nitrogens is 1. The molecular formula is C12H16N2O2. The van der Waals surface area contributed by atoms with Crippen molar-refractivity contribution in [2.24, 2.45) is 5.92 Å². The van der Waals surface area contributed by atoms with E-state index in [9.17, 15) is 4.79 Å². The Labute approximate surface area is 94.9 Å². The van der Waals surface area contributed by atoms with Gasteiger partial charge in [-0.25, -0.2) is 9.78 Å². The van der Waals surface area contributed by atoms with Gasteiger partial charge in [-0.15, -0.1) is 0 Å². The lowest BCUT2D eigenvalue weighted by Crippen LogP contribution is -2.28. The molecule has 1 aromatic heterocycles. The Balaban J connectivity index is 2.36. The average Bonchev–Trinajstić information content (AvgIpc) is 2.57. The van der Waals surface area contributed by atoms with Crippen molar-refractivity contribution >= 4 is 11.7 Å². The number of hydrogen-bond donors (Lipinski definition) is 1. The van der Waals surface area contributed by atoms with E-state index in [1.807, 2.05) is 6.07 Å². The summed E-state index contributed by atoms with van der Waals surface area (Å²) in [6, 6.07) is 4.01. The van der Waals surface area contributed by atoms with Crippen LogP contribution in [0.3, 0.4) is 0 Å². The molecule has 0 aliphatic carbocycles. The number of carboxylic acids is 1. The third-order valence-corrected chi connectivity index (χ3v) is 3.08. The molecule has 0 saturated carbocycles. The minimum Gasteiger partial charge on any atom is -0.476 e. The SMILES string of the molecule is C[C@H]1C[C@H](C)N(c2cccnc2C(=O)O)C1. The van der Waals surface area contributed by atoms with Gasteiger partial charge in [0.2, 0.25) is 0 Å². The molecule has 16 heavy (non-hydrogen) atoms. The molecule has 2 atom stereocenters. The average molecular weight is 220 g/mol. The van der Waals surface area contributed by atoms with Crippen molar-refractivity contribution in [2.75, 3.05) is 11.4 Å². The molecular weight excluding hydrogens is 204 g/mol. The first-order valence-corrected chi connectivity index (χ1v) is 5.54. The zero-order chi connectivity index (χ0) is 11.7. The van der Waals surface area contributed by atoms with E-state index >= 15 is 0 Å². The van der Waals surface area contributed by atoms with E-state index in [0.29, 0.717) is 12.0 Å². The summed E-state index contributed by atoms with van der Waals surface area (Å²) in [4.78, 5) is 17.2. The van der Waals surface area contributed by atoms with Crippen LogP contribution in [0.25, 0.3) is 0 Å². The molecule has 1 aromatic rings. The quantitative estimate of drug-likeness (QED) is 0.828. The summed E-state index contributed by atoms with van der Waals surface area (Å²) in [5, 5.41) is 9.09. The molecule has 1 saturated heterocycles. The first-order chi connectivity index (χ1) is 7.59. The van der Waals surface area contributed by atoms with Gasteiger partial charge in [-0.3, -0.25) is 0 Å². The van der Waals surface area contributed by atoms with Gasteiger partial charge < -0.3 is 10.0 Å². The molecule has 0 radical (unpaired) electrons. The smallest absolute Gasteiger partial charge is 0.356 e. The molecule has 0 spiro atoms. The van der Waals surface area contributed by atoms with Crippen LogP contribution in [0.2, 0.25) is 0 Å². The van der Waals surface area contributed by atoms with E-state index in [0.717, 1.165) is 18.7 Å². The van der Waals surface area contributed by atoms with Crippen LogP contribution in [0.4, 0.5) is 5.69 Å². The molecule has 86 valence electrons. The van der Waals surface area contributed by atoms with E-state index in [1.165, 1.54) is 6.20 Å². The van der Waals surface area contributed by atoms with Crippen LogP contribution in [-0.4, -0.2) is 28.6 Å². The number of anilines is 1. The van der Waals surface area contributed by atoms with Gasteiger partial charge >= 0.3 is 5.97 Å². The van der Waals surface area contributed by atoms with Gasteiger partial charge in [0.25, 0.3) is 0 Å². The molecule has 4 nitrogen and oxygen atoms in total. The van der Waals surface area contributed by atoms with Gasteiger partial charge in [-0.2, -0.15) is 0 Å². The Kier molecular flexibility index (Phi) is 2.81. The van der Waals surface area contributed by atoms with E-state index in [-0.39, 0.29) is 5.69 Å². The van der Waals surface area contributed by atoms with Gasteiger partial charge in [0.15, 0.2) is 5.69 Å². The maximum absolute atomic E-state index is 11.1. The summed E-state index contributed by atoms with van der Waals surface area (Å²) in [6.45, 7) is 5.22. The molecule has 2 rings (SSSR count). The minimum atomic E-state index is -0.956. The van der Waals surface area contributed by atoms with Crippen LogP contribution in [0.1, 0.15) is 30.8 Å². The van der Waals surface area contributed by atoms with E-state index in [4.69, 9.17) is 5.11 Å². The van der Waals surface area contributed by atoms with Gasteiger partial charge in [0, 0.05) is 18.8 Å². The zero-order valence-electron chi connectivity index (χ0n) is 9.55. The van der Waals surface area contributed by atoms with Crippen molar-refractivity contribution in [2.45, 2.75) is 26.3 Å². The highest BCUT2D eigenvalue weighted by molar-refractivity contribution is 5.92. The summed E-state index contributed by atoms with van der Waals surface area (Å²) >= 11 is 0. The summed E-state index contributed by atoms with van der Waals surface area (Å²) in [5.41, 5.74) is 0.898. The zero-order valence-corrected chi connectivity index (χ0v) is 9.55. The molecule has 1 aliphatic rings. The summed E-state index contributed by atoms with van der Waals surface area (Å²) in [7, 11) is 0. The van der Waals surface area contributed by atoms with Crippen molar-refractivity contribution in [1.82, 2.24) is 4.98 Å². The maximum Gasteiger partial charge on any atom is 0.356 e. The van der Waals surface area contributed by atoms with Gasteiger partial charge in [-0.05, 0) is 31.4 Å². The normalized spacial score (nSPS) is 24.8. The molecule has 1 fully saturated rings. The molecule has 2 heterocycles. The topological polar surface area (TPSA) is 53.4 Å². The number of rotatable bonds is 2. The maximum atomic E-state index is 11.1. The summed E-state index contributed by atoms with van der Waals surface area (Å²) in [6.07, 6.45) is 2.63. The van der Waals surface area contributed by atoms with Crippen molar-refractivity contribution in [3.63, 3.8) is 0 Å². The predicted molar refractivity (Wildman–Crippen MR) is 61.8 cm³/mol. The number of aromatic carboxylic acids is 1. The monoisotopic (exact) mass is 220 g/mol. The second-order valence-electron chi connectivity index (χ2n) is 4.52. The lowest BCUT2D eigenvalue weighted by atomic mass is 10.1. The Bertz CT molecular complexity index is 406. The third-order valence-electron chi connectivity index (χ3n) is 3.08. The minimum absolute atomic E-state index is 0.156. The van der Waals surface area contributed by atoms with Crippen LogP contribution < -0.4 is 4.90 Å². The van der Waals surface area contributed by atoms with E-state index in [2.05, 4.69) is 23.7 Å². The third kappa shape index (κ3) is 1.87. The van der Waals surface area contributed by atoms with Crippen LogP contribution in [-0.2, 0) is 0 Å². The van der Waals surface area contributed by atoms with Crippen molar-refractivity contribution in [1.29, 1.82) is 0 Å². The predicted octanol–water partition coefficient (Wildman–Crippen LogP) is 2.01. The van der Waals surface area contributed by atoms with Crippen LogP contribution in [0, 0.1) is 5.92 Å². The molecule has 0 unspecified atom stereocenters. The second kappa shape index (κ2) is 4.12. The highest BCUT2D eigenvalue weighted by Gasteiger charge is 2.29. The van der Waals surface area contributed by atoms with Crippen molar-refractivity contribution in [3.05, 3.63) is 24.0 Å². The largest absolute Gasteiger partial charge is 0.476 e. The lowest BCUT2D eigenvalue weighted by Gasteiger charge is -2.24. The second-order valence-corrected chi connectivity index (χ2v) is 4.52.